The Bertz CT molecular complexity index is 234. The number of aliphatic hydroxyl groups excluding tert-OH is 1. The maximum atomic E-state index is 12.0. The molecular weight excluding hydrogens is 271 g/mol. The Balaban J connectivity index is 3.04. The van der Waals surface area contributed by atoms with Crippen LogP contribution < -0.4 is 0 Å². The quantitative estimate of drug-likeness (QED) is 0.356. The van der Waals surface area contributed by atoms with Gasteiger partial charge in [-0.25, -0.2) is 4.39 Å². The summed E-state index contributed by atoms with van der Waals surface area (Å²) in [6.45, 7) is -0.611. The molecule has 0 heterocycles. The van der Waals surface area contributed by atoms with Gasteiger partial charge in [0.1, 0.15) is 6.67 Å². The van der Waals surface area contributed by atoms with E-state index in [4.69, 9.17) is 5.11 Å². The van der Waals surface area contributed by atoms with Crippen LogP contribution in [0.15, 0.2) is 0 Å². The highest BCUT2D eigenvalue weighted by molar-refractivity contribution is 5.68. The number of unbranched alkanes of at least 4 members (excludes halogenated alkanes) is 10. The van der Waals surface area contributed by atoms with E-state index in [1.54, 1.807) is 0 Å². The first kappa shape index (κ1) is 20.4. The molecule has 3 nitrogen and oxygen atoms in total. The van der Waals surface area contributed by atoms with E-state index in [0.29, 0.717) is 12.8 Å². The van der Waals surface area contributed by atoms with Gasteiger partial charge in [0.25, 0.3) is 0 Å². The fourth-order valence-electron chi connectivity index (χ4n) is 2.42. The normalized spacial score (nSPS) is 12.3. The van der Waals surface area contributed by atoms with E-state index in [-0.39, 0.29) is 5.97 Å². The number of rotatable bonds is 15. The molecule has 0 aliphatic rings. The zero-order valence-electron chi connectivity index (χ0n) is 13.6. The van der Waals surface area contributed by atoms with Gasteiger partial charge in [-0.2, -0.15) is 0 Å². The number of methoxy groups -OCH3 is 1. The molecule has 0 saturated carbocycles. The zero-order chi connectivity index (χ0) is 15.8. The van der Waals surface area contributed by atoms with E-state index < -0.39 is 12.8 Å². The summed E-state index contributed by atoms with van der Waals surface area (Å²) >= 11 is 0. The fourth-order valence-corrected chi connectivity index (χ4v) is 2.42. The monoisotopic (exact) mass is 304 g/mol. The van der Waals surface area contributed by atoms with Crippen LogP contribution in [0.25, 0.3) is 0 Å². The smallest absolute Gasteiger partial charge is 0.305 e. The van der Waals surface area contributed by atoms with Gasteiger partial charge in [-0.05, 0) is 12.8 Å². The lowest BCUT2D eigenvalue weighted by Crippen LogP contribution is -2.07. The second-order valence-electron chi connectivity index (χ2n) is 5.81. The van der Waals surface area contributed by atoms with Crippen LogP contribution in [0, 0.1) is 0 Å². The Morgan fingerprint density at radius 1 is 0.905 bits per heavy atom. The minimum Gasteiger partial charge on any atom is -0.469 e. The van der Waals surface area contributed by atoms with Gasteiger partial charge >= 0.3 is 5.97 Å². The van der Waals surface area contributed by atoms with Gasteiger partial charge in [0, 0.05) is 6.42 Å². The molecule has 1 atom stereocenters. The molecule has 21 heavy (non-hydrogen) atoms. The molecule has 1 N–H and O–H groups in total. The number of alkyl halides is 1. The zero-order valence-corrected chi connectivity index (χ0v) is 13.6. The molecular formula is C17H33FO3. The Kier molecular flexibility index (Phi) is 15.3. The van der Waals surface area contributed by atoms with Gasteiger partial charge in [0.15, 0.2) is 0 Å². The summed E-state index contributed by atoms with van der Waals surface area (Å²) < 4.78 is 16.6. The van der Waals surface area contributed by atoms with E-state index in [9.17, 15) is 9.18 Å². The first-order valence-electron chi connectivity index (χ1n) is 8.51. The van der Waals surface area contributed by atoms with Crippen LogP contribution in [-0.2, 0) is 9.53 Å². The average molecular weight is 304 g/mol. The van der Waals surface area contributed by atoms with E-state index in [0.717, 1.165) is 25.7 Å². The molecule has 0 spiro atoms. The van der Waals surface area contributed by atoms with Gasteiger partial charge < -0.3 is 9.84 Å². The van der Waals surface area contributed by atoms with Gasteiger partial charge in [-0.3, -0.25) is 4.79 Å². The minimum atomic E-state index is -0.746. The lowest BCUT2D eigenvalue weighted by Gasteiger charge is -2.05. The molecule has 0 aromatic rings. The van der Waals surface area contributed by atoms with Crippen LogP contribution in [0.3, 0.4) is 0 Å². The van der Waals surface area contributed by atoms with Crippen molar-refractivity contribution in [2.45, 2.75) is 89.6 Å². The molecule has 1 unspecified atom stereocenters. The molecule has 0 aliphatic heterocycles. The molecule has 0 aromatic heterocycles. The first-order chi connectivity index (χ1) is 10.2. The standard InChI is InChI=1S/C17H33FO3/c1-21-17(20)14-12-10-8-6-4-2-3-5-7-9-11-13-16(19)15-18/h16,19H,2-15H2,1H3. The highest BCUT2D eigenvalue weighted by atomic mass is 19.1. The number of ether oxygens (including phenoxy) is 1. The SMILES string of the molecule is COC(=O)CCCCCCCCCCCCCC(O)CF. The van der Waals surface area contributed by atoms with Gasteiger partial charge in [0.05, 0.1) is 13.2 Å². The first-order valence-corrected chi connectivity index (χ1v) is 8.51. The average Bonchev–Trinajstić information content (AvgIpc) is 2.51. The summed E-state index contributed by atoms with van der Waals surface area (Å²) in [7, 11) is 1.44. The third kappa shape index (κ3) is 15.6. The molecule has 0 aromatic carbocycles. The van der Waals surface area contributed by atoms with E-state index in [2.05, 4.69) is 4.74 Å². The summed E-state index contributed by atoms with van der Waals surface area (Å²) in [6, 6.07) is 0. The molecule has 0 bridgehead atoms. The second-order valence-corrected chi connectivity index (χ2v) is 5.81. The van der Waals surface area contributed by atoms with Crippen LogP contribution in [0.4, 0.5) is 4.39 Å². The molecule has 126 valence electrons. The Hall–Kier alpha value is -0.640. The van der Waals surface area contributed by atoms with Crippen molar-refractivity contribution < 1.29 is 19.0 Å². The van der Waals surface area contributed by atoms with Crippen LogP contribution >= 0.6 is 0 Å². The number of halogens is 1. The minimum absolute atomic E-state index is 0.103. The number of aliphatic hydroxyl groups is 1. The largest absolute Gasteiger partial charge is 0.469 e. The fraction of sp³-hybridized carbons (Fsp3) is 0.941. The van der Waals surface area contributed by atoms with Crippen molar-refractivity contribution in [3.8, 4) is 0 Å². The molecule has 0 amide bonds. The van der Waals surface area contributed by atoms with Gasteiger partial charge in [0.2, 0.25) is 0 Å². The Labute approximate surface area is 129 Å². The summed E-state index contributed by atoms with van der Waals surface area (Å²) in [5.74, 6) is -0.103. The van der Waals surface area contributed by atoms with Crippen molar-refractivity contribution in [1.29, 1.82) is 0 Å². The summed E-state index contributed by atoms with van der Waals surface area (Å²) in [5, 5.41) is 9.06. The predicted molar refractivity (Wildman–Crippen MR) is 84.0 cm³/mol. The summed E-state index contributed by atoms with van der Waals surface area (Å²) in [4.78, 5) is 10.9. The van der Waals surface area contributed by atoms with Crippen molar-refractivity contribution >= 4 is 5.97 Å². The lowest BCUT2D eigenvalue weighted by molar-refractivity contribution is -0.140. The van der Waals surface area contributed by atoms with E-state index in [1.165, 1.54) is 52.1 Å². The maximum absolute atomic E-state index is 12.0. The van der Waals surface area contributed by atoms with Crippen molar-refractivity contribution in [1.82, 2.24) is 0 Å². The number of esters is 1. The number of hydrogen-bond acceptors (Lipinski definition) is 3. The molecule has 0 saturated heterocycles. The number of carbonyl (C=O) groups is 1. The van der Waals surface area contributed by atoms with E-state index >= 15 is 0 Å². The van der Waals surface area contributed by atoms with Crippen molar-refractivity contribution in [3.05, 3.63) is 0 Å². The van der Waals surface area contributed by atoms with Crippen LogP contribution in [0.2, 0.25) is 0 Å². The maximum Gasteiger partial charge on any atom is 0.305 e. The summed E-state index contributed by atoms with van der Waals surface area (Å²) in [5.41, 5.74) is 0. The highest BCUT2D eigenvalue weighted by Gasteiger charge is 2.02. The van der Waals surface area contributed by atoms with Crippen LogP contribution in [0.5, 0.6) is 0 Å². The van der Waals surface area contributed by atoms with Crippen LogP contribution in [-0.4, -0.2) is 31.0 Å². The lowest BCUT2D eigenvalue weighted by atomic mass is 10.0. The van der Waals surface area contributed by atoms with Gasteiger partial charge in [-0.1, -0.05) is 64.2 Å². The van der Waals surface area contributed by atoms with Crippen molar-refractivity contribution in [2.75, 3.05) is 13.8 Å². The molecule has 4 heteroatoms. The Morgan fingerprint density at radius 3 is 1.76 bits per heavy atom. The van der Waals surface area contributed by atoms with Crippen LogP contribution in [0.1, 0.15) is 83.5 Å². The highest BCUT2D eigenvalue weighted by Crippen LogP contribution is 2.13. The summed E-state index contributed by atoms with van der Waals surface area (Å²) in [6.07, 6.45) is 13.2. The Morgan fingerprint density at radius 2 is 1.33 bits per heavy atom. The second kappa shape index (κ2) is 15.7. The molecule has 0 rings (SSSR count). The number of hydrogen-bond donors (Lipinski definition) is 1. The number of carbonyl (C=O) groups excluding carboxylic acids is 1. The van der Waals surface area contributed by atoms with E-state index in [1.807, 2.05) is 0 Å². The molecule has 0 fully saturated rings. The molecule has 0 aliphatic carbocycles. The van der Waals surface area contributed by atoms with Crippen molar-refractivity contribution in [2.24, 2.45) is 0 Å². The topological polar surface area (TPSA) is 46.5 Å². The van der Waals surface area contributed by atoms with Crippen molar-refractivity contribution in [3.63, 3.8) is 0 Å². The van der Waals surface area contributed by atoms with Gasteiger partial charge in [-0.15, -0.1) is 0 Å². The predicted octanol–water partition coefficient (Wildman–Crippen LogP) is 4.56. The third-order valence-corrected chi connectivity index (χ3v) is 3.82. The third-order valence-electron chi connectivity index (χ3n) is 3.82. The molecule has 0 radical (unpaired) electrons.